The molecule has 0 aromatic rings. The van der Waals surface area contributed by atoms with Crippen molar-refractivity contribution in [3.63, 3.8) is 0 Å². The van der Waals surface area contributed by atoms with Gasteiger partial charge in [-0.3, -0.25) is 4.99 Å². The molecule has 1 saturated heterocycles. The summed E-state index contributed by atoms with van der Waals surface area (Å²) < 4.78 is 0. The normalized spacial score (nSPS) is 16.8. The van der Waals surface area contributed by atoms with Gasteiger partial charge in [-0.1, -0.05) is 26.2 Å². The molecule has 0 unspecified atom stereocenters. The molecule has 1 fully saturated rings. The van der Waals surface area contributed by atoms with Gasteiger partial charge < -0.3 is 15.5 Å². The molecule has 0 aromatic heterocycles. The van der Waals surface area contributed by atoms with Crippen molar-refractivity contribution in [3.8, 4) is 0 Å². The molecule has 0 amide bonds. The Balaban J connectivity index is 1.95. The summed E-state index contributed by atoms with van der Waals surface area (Å²) >= 11 is 0. The van der Waals surface area contributed by atoms with Crippen molar-refractivity contribution in [1.82, 2.24) is 15.5 Å². The van der Waals surface area contributed by atoms with Crippen molar-refractivity contribution in [3.05, 3.63) is 0 Å². The van der Waals surface area contributed by atoms with E-state index in [0.29, 0.717) is 0 Å². The number of nitrogens with zero attached hydrogens (tertiary/aromatic N) is 2. The molecular weight excluding hydrogens is 236 g/mol. The van der Waals surface area contributed by atoms with Gasteiger partial charge in [0, 0.05) is 20.1 Å². The summed E-state index contributed by atoms with van der Waals surface area (Å²) in [6, 6.07) is 0. The van der Waals surface area contributed by atoms with Gasteiger partial charge in [0.25, 0.3) is 0 Å². The van der Waals surface area contributed by atoms with E-state index < -0.39 is 0 Å². The van der Waals surface area contributed by atoms with Gasteiger partial charge in [0.15, 0.2) is 5.96 Å². The predicted octanol–water partition coefficient (Wildman–Crippen LogP) is 2.22. The number of hydrogen-bond acceptors (Lipinski definition) is 2. The van der Waals surface area contributed by atoms with E-state index in [0.717, 1.165) is 19.0 Å². The second-order valence-corrected chi connectivity index (χ2v) is 5.39. The molecule has 0 saturated carbocycles. The Bertz CT molecular complexity index is 234. The number of likely N-dealkylation sites (tertiary alicyclic amines) is 1. The molecule has 0 atom stereocenters. The van der Waals surface area contributed by atoms with Crippen LogP contribution in [0.4, 0.5) is 0 Å². The number of guanidine groups is 1. The van der Waals surface area contributed by atoms with Crippen molar-refractivity contribution in [2.75, 3.05) is 39.8 Å². The van der Waals surface area contributed by atoms with Crippen molar-refractivity contribution in [2.24, 2.45) is 4.99 Å². The lowest BCUT2D eigenvalue weighted by atomic mass is 10.2. The first-order valence-corrected chi connectivity index (χ1v) is 8.03. The number of nitrogens with one attached hydrogen (secondary N) is 2. The third-order valence-electron chi connectivity index (χ3n) is 3.69. The van der Waals surface area contributed by atoms with Gasteiger partial charge in [0.1, 0.15) is 0 Å². The Labute approximate surface area is 119 Å². The van der Waals surface area contributed by atoms with E-state index in [1.807, 2.05) is 7.05 Å². The predicted molar refractivity (Wildman–Crippen MR) is 83.8 cm³/mol. The third-order valence-corrected chi connectivity index (χ3v) is 3.69. The largest absolute Gasteiger partial charge is 0.356 e. The maximum absolute atomic E-state index is 4.26. The number of aliphatic imine (C=N–C) groups is 1. The SMILES string of the molecule is CCCCCCNC(=NC)NCCCN1CCCC1. The molecule has 19 heavy (non-hydrogen) atoms. The van der Waals surface area contributed by atoms with Crippen LogP contribution in [0, 0.1) is 0 Å². The lowest BCUT2D eigenvalue weighted by Gasteiger charge is -2.15. The molecule has 0 aliphatic carbocycles. The van der Waals surface area contributed by atoms with Crippen molar-refractivity contribution in [2.45, 2.75) is 51.9 Å². The first-order valence-electron chi connectivity index (χ1n) is 8.03. The van der Waals surface area contributed by atoms with Gasteiger partial charge in [0.05, 0.1) is 0 Å². The van der Waals surface area contributed by atoms with Crippen LogP contribution in [0.1, 0.15) is 51.9 Å². The van der Waals surface area contributed by atoms with E-state index in [1.54, 1.807) is 0 Å². The zero-order chi connectivity index (χ0) is 13.8. The van der Waals surface area contributed by atoms with Gasteiger partial charge in [-0.15, -0.1) is 0 Å². The lowest BCUT2D eigenvalue weighted by Crippen LogP contribution is -2.39. The van der Waals surface area contributed by atoms with Crippen LogP contribution in [0.2, 0.25) is 0 Å². The smallest absolute Gasteiger partial charge is 0.190 e. The highest BCUT2D eigenvalue weighted by Crippen LogP contribution is 2.06. The van der Waals surface area contributed by atoms with Gasteiger partial charge in [-0.05, 0) is 45.3 Å². The highest BCUT2D eigenvalue weighted by atomic mass is 15.2. The average Bonchev–Trinajstić information content (AvgIpc) is 2.94. The van der Waals surface area contributed by atoms with E-state index in [9.17, 15) is 0 Å². The molecule has 1 aliphatic heterocycles. The summed E-state index contributed by atoms with van der Waals surface area (Å²) in [4.78, 5) is 6.81. The van der Waals surface area contributed by atoms with Crippen LogP contribution in [0.15, 0.2) is 4.99 Å². The fraction of sp³-hybridized carbons (Fsp3) is 0.933. The van der Waals surface area contributed by atoms with Gasteiger partial charge >= 0.3 is 0 Å². The van der Waals surface area contributed by atoms with Gasteiger partial charge in [-0.25, -0.2) is 0 Å². The summed E-state index contributed by atoms with van der Waals surface area (Å²) in [7, 11) is 1.85. The molecule has 112 valence electrons. The van der Waals surface area contributed by atoms with Crippen LogP contribution >= 0.6 is 0 Å². The molecule has 0 bridgehead atoms. The van der Waals surface area contributed by atoms with Crippen LogP contribution in [0.25, 0.3) is 0 Å². The van der Waals surface area contributed by atoms with E-state index >= 15 is 0 Å². The number of hydrogen-bond donors (Lipinski definition) is 2. The Hall–Kier alpha value is -0.770. The zero-order valence-electron chi connectivity index (χ0n) is 12.9. The topological polar surface area (TPSA) is 39.7 Å². The first kappa shape index (κ1) is 16.3. The minimum atomic E-state index is 0.956. The zero-order valence-corrected chi connectivity index (χ0v) is 12.9. The van der Waals surface area contributed by atoms with Crippen LogP contribution < -0.4 is 10.6 Å². The molecule has 1 aliphatic rings. The highest BCUT2D eigenvalue weighted by Gasteiger charge is 2.10. The van der Waals surface area contributed by atoms with Crippen molar-refractivity contribution < 1.29 is 0 Å². The van der Waals surface area contributed by atoms with Gasteiger partial charge in [0.2, 0.25) is 0 Å². The minimum Gasteiger partial charge on any atom is -0.356 e. The van der Waals surface area contributed by atoms with E-state index in [2.05, 4.69) is 27.4 Å². The third kappa shape index (κ3) is 8.09. The molecule has 1 rings (SSSR count). The Kier molecular flexibility index (Phi) is 9.51. The van der Waals surface area contributed by atoms with E-state index in [4.69, 9.17) is 0 Å². The molecule has 0 aromatic carbocycles. The van der Waals surface area contributed by atoms with E-state index in [1.165, 1.54) is 64.6 Å². The minimum absolute atomic E-state index is 0.956. The summed E-state index contributed by atoms with van der Waals surface area (Å²) in [5, 5.41) is 6.78. The standard InChI is InChI=1S/C15H32N4/c1-3-4-5-6-10-17-15(16-2)18-11-9-14-19-12-7-8-13-19/h3-14H2,1-2H3,(H2,16,17,18). The molecular formula is C15H32N4. The molecule has 1 heterocycles. The van der Waals surface area contributed by atoms with Crippen molar-refractivity contribution in [1.29, 1.82) is 0 Å². The number of unbranched alkanes of at least 4 members (excludes halogenated alkanes) is 3. The first-order chi connectivity index (χ1) is 9.36. The molecule has 4 nitrogen and oxygen atoms in total. The number of rotatable bonds is 9. The summed E-state index contributed by atoms with van der Waals surface area (Å²) in [5.74, 6) is 0.956. The molecule has 0 spiro atoms. The second-order valence-electron chi connectivity index (χ2n) is 5.39. The van der Waals surface area contributed by atoms with Crippen LogP contribution in [-0.4, -0.2) is 50.6 Å². The summed E-state index contributed by atoms with van der Waals surface area (Å²) in [6.45, 7) is 8.11. The monoisotopic (exact) mass is 268 g/mol. The highest BCUT2D eigenvalue weighted by molar-refractivity contribution is 5.79. The molecule has 4 heteroatoms. The average molecular weight is 268 g/mol. The Morgan fingerprint density at radius 1 is 1.00 bits per heavy atom. The maximum Gasteiger partial charge on any atom is 0.190 e. The Morgan fingerprint density at radius 3 is 2.32 bits per heavy atom. The fourth-order valence-corrected chi connectivity index (χ4v) is 2.49. The second kappa shape index (κ2) is 11.1. The van der Waals surface area contributed by atoms with Crippen LogP contribution in [-0.2, 0) is 0 Å². The molecule has 0 radical (unpaired) electrons. The van der Waals surface area contributed by atoms with Gasteiger partial charge in [-0.2, -0.15) is 0 Å². The quantitative estimate of drug-likeness (QED) is 0.383. The molecule has 2 N–H and O–H groups in total. The lowest BCUT2D eigenvalue weighted by molar-refractivity contribution is 0.334. The van der Waals surface area contributed by atoms with Crippen molar-refractivity contribution >= 4 is 5.96 Å². The van der Waals surface area contributed by atoms with E-state index in [-0.39, 0.29) is 0 Å². The summed E-state index contributed by atoms with van der Waals surface area (Å²) in [5.41, 5.74) is 0. The Morgan fingerprint density at radius 2 is 1.68 bits per heavy atom. The maximum atomic E-state index is 4.26. The summed E-state index contributed by atoms with van der Waals surface area (Å²) in [6.07, 6.45) is 9.16. The fourth-order valence-electron chi connectivity index (χ4n) is 2.49. The van der Waals surface area contributed by atoms with Crippen LogP contribution in [0.3, 0.4) is 0 Å². The van der Waals surface area contributed by atoms with Crippen LogP contribution in [0.5, 0.6) is 0 Å².